The predicted octanol–water partition coefficient (Wildman–Crippen LogP) is 3.96. The molecule has 0 amide bonds. The van der Waals surface area contributed by atoms with Crippen molar-refractivity contribution in [1.29, 1.82) is 0 Å². The van der Waals surface area contributed by atoms with Crippen molar-refractivity contribution in [3.8, 4) is 5.75 Å². The Morgan fingerprint density at radius 2 is 1.77 bits per heavy atom. The molecular formula is C21H21ClFN3O3S. The quantitative estimate of drug-likeness (QED) is 0.309. The van der Waals surface area contributed by atoms with Gasteiger partial charge in [-0.1, -0.05) is 42.5 Å². The van der Waals surface area contributed by atoms with Gasteiger partial charge >= 0.3 is 0 Å². The highest BCUT2D eigenvalue weighted by Gasteiger charge is 2.18. The summed E-state index contributed by atoms with van der Waals surface area (Å²) < 4.78 is 46.7. The molecule has 0 aliphatic heterocycles. The van der Waals surface area contributed by atoms with E-state index >= 15 is 0 Å². The van der Waals surface area contributed by atoms with E-state index in [0.29, 0.717) is 18.8 Å². The minimum Gasteiger partial charge on any atom is -0.493 e. The molecular weight excluding hydrogens is 429 g/mol. The SMILES string of the molecule is Cl.N/N=C\c1ccc(CCOc2cccc(NS(=O)(=O)c3ccccc3F)c2)cc1. The number of halogens is 2. The highest BCUT2D eigenvalue weighted by atomic mass is 35.5. The van der Waals surface area contributed by atoms with E-state index in [1.165, 1.54) is 18.2 Å². The van der Waals surface area contributed by atoms with Crippen LogP contribution in [0.4, 0.5) is 10.1 Å². The fourth-order valence-electron chi connectivity index (χ4n) is 2.67. The third kappa shape index (κ3) is 6.20. The Bertz CT molecular complexity index is 1110. The first-order valence-electron chi connectivity index (χ1n) is 8.80. The molecule has 0 aromatic heterocycles. The normalized spacial score (nSPS) is 11.1. The smallest absolute Gasteiger partial charge is 0.264 e. The van der Waals surface area contributed by atoms with E-state index in [4.69, 9.17) is 10.6 Å². The number of benzene rings is 3. The largest absolute Gasteiger partial charge is 0.493 e. The van der Waals surface area contributed by atoms with Gasteiger partial charge in [0, 0.05) is 12.5 Å². The van der Waals surface area contributed by atoms with Gasteiger partial charge in [-0.3, -0.25) is 4.72 Å². The Balaban J connectivity index is 0.00000320. The first-order chi connectivity index (χ1) is 14.0. The number of rotatable bonds is 8. The Labute approximate surface area is 181 Å². The zero-order chi connectivity index (χ0) is 20.7. The number of nitrogens with zero attached hydrogens (tertiary/aromatic N) is 1. The van der Waals surface area contributed by atoms with Gasteiger partial charge in [-0.15, -0.1) is 12.4 Å². The van der Waals surface area contributed by atoms with E-state index in [2.05, 4.69) is 9.82 Å². The number of ether oxygens (including phenoxy) is 1. The van der Waals surface area contributed by atoms with Gasteiger partial charge in [0.05, 0.1) is 18.5 Å². The Kier molecular flexibility index (Phi) is 8.20. The summed E-state index contributed by atoms with van der Waals surface area (Å²) in [4.78, 5) is -0.408. The van der Waals surface area contributed by atoms with Crippen molar-refractivity contribution in [2.75, 3.05) is 11.3 Å². The maximum absolute atomic E-state index is 13.8. The number of nitrogens with one attached hydrogen (secondary N) is 1. The Morgan fingerprint density at radius 1 is 1.03 bits per heavy atom. The molecule has 158 valence electrons. The van der Waals surface area contributed by atoms with Crippen LogP contribution >= 0.6 is 12.4 Å². The van der Waals surface area contributed by atoms with Crippen LogP contribution in [0.5, 0.6) is 5.75 Å². The van der Waals surface area contributed by atoms with Crippen molar-refractivity contribution in [1.82, 2.24) is 0 Å². The fraction of sp³-hybridized carbons (Fsp3) is 0.0952. The summed E-state index contributed by atoms with van der Waals surface area (Å²) in [6.45, 7) is 0.411. The standard InChI is InChI=1S/C21H20FN3O3S.ClH/c22-20-6-1-2-7-21(20)29(26,27)25-18-4-3-5-19(14-18)28-13-12-16-8-10-17(11-9-16)15-24-23;/h1-11,14-15,25H,12-13,23H2;1H/b24-15-;. The monoisotopic (exact) mass is 449 g/mol. The highest BCUT2D eigenvalue weighted by molar-refractivity contribution is 7.92. The van der Waals surface area contributed by atoms with Crippen molar-refractivity contribution in [2.24, 2.45) is 10.9 Å². The van der Waals surface area contributed by atoms with E-state index in [9.17, 15) is 12.8 Å². The maximum atomic E-state index is 13.8. The molecule has 0 bridgehead atoms. The van der Waals surface area contributed by atoms with Crippen LogP contribution in [-0.2, 0) is 16.4 Å². The van der Waals surface area contributed by atoms with Crippen LogP contribution in [0.25, 0.3) is 0 Å². The number of hydrogen-bond donors (Lipinski definition) is 2. The molecule has 0 fully saturated rings. The van der Waals surface area contributed by atoms with E-state index in [-0.39, 0.29) is 18.1 Å². The maximum Gasteiger partial charge on any atom is 0.264 e. The van der Waals surface area contributed by atoms with Gasteiger partial charge in [0.1, 0.15) is 16.5 Å². The molecule has 3 aromatic rings. The summed E-state index contributed by atoms with van der Waals surface area (Å²) in [5, 5.41) is 3.48. The van der Waals surface area contributed by atoms with Crippen LogP contribution in [0, 0.1) is 5.82 Å². The lowest BCUT2D eigenvalue weighted by Gasteiger charge is -2.11. The lowest BCUT2D eigenvalue weighted by Crippen LogP contribution is -2.14. The molecule has 0 heterocycles. The third-order valence-corrected chi connectivity index (χ3v) is 5.49. The minimum absolute atomic E-state index is 0. The van der Waals surface area contributed by atoms with E-state index in [0.717, 1.165) is 17.2 Å². The first-order valence-corrected chi connectivity index (χ1v) is 10.3. The topological polar surface area (TPSA) is 93.8 Å². The van der Waals surface area contributed by atoms with Crippen molar-refractivity contribution < 1.29 is 17.5 Å². The van der Waals surface area contributed by atoms with E-state index < -0.39 is 20.7 Å². The van der Waals surface area contributed by atoms with Gasteiger partial charge in [-0.25, -0.2) is 12.8 Å². The summed E-state index contributed by atoms with van der Waals surface area (Å²) in [7, 11) is -4.03. The minimum atomic E-state index is -4.03. The van der Waals surface area contributed by atoms with Gasteiger partial charge in [0.25, 0.3) is 10.0 Å². The van der Waals surface area contributed by atoms with Crippen molar-refractivity contribution in [3.05, 3.63) is 89.7 Å². The second kappa shape index (κ2) is 10.6. The van der Waals surface area contributed by atoms with E-state index in [1.54, 1.807) is 30.5 Å². The Hall–Kier alpha value is -3.10. The molecule has 0 saturated carbocycles. The number of hydrogen-bond acceptors (Lipinski definition) is 5. The number of nitrogens with two attached hydrogens (primary N) is 1. The third-order valence-electron chi connectivity index (χ3n) is 4.08. The van der Waals surface area contributed by atoms with Crippen molar-refractivity contribution >= 4 is 34.3 Å². The molecule has 0 unspecified atom stereocenters. The molecule has 0 radical (unpaired) electrons. The van der Waals surface area contributed by atoms with Gasteiger partial charge in [-0.2, -0.15) is 5.10 Å². The van der Waals surface area contributed by atoms with Crippen molar-refractivity contribution in [2.45, 2.75) is 11.3 Å². The molecule has 9 heteroatoms. The molecule has 0 saturated heterocycles. The zero-order valence-corrected chi connectivity index (χ0v) is 17.5. The zero-order valence-electron chi connectivity index (χ0n) is 15.9. The predicted molar refractivity (Wildman–Crippen MR) is 118 cm³/mol. The first kappa shape index (κ1) is 23.2. The molecule has 0 atom stereocenters. The second-order valence-electron chi connectivity index (χ2n) is 6.18. The number of sulfonamides is 1. The summed E-state index contributed by atoms with van der Waals surface area (Å²) in [5.74, 6) is 4.82. The summed E-state index contributed by atoms with van der Waals surface area (Å²) in [5.41, 5.74) is 2.28. The van der Waals surface area contributed by atoms with Gasteiger partial charge in [0.15, 0.2) is 0 Å². The molecule has 0 spiro atoms. The number of hydrazone groups is 1. The van der Waals surface area contributed by atoms with Crippen LogP contribution < -0.4 is 15.3 Å². The van der Waals surface area contributed by atoms with Crippen LogP contribution in [0.15, 0.2) is 82.8 Å². The summed E-state index contributed by atoms with van der Waals surface area (Å²) >= 11 is 0. The lowest BCUT2D eigenvalue weighted by atomic mass is 10.1. The molecule has 6 nitrogen and oxygen atoms in total. The van der Waals surface area contributed by atoms with Crippen LogP contribution in [-0.4, -0.2) is 21.2 Å². The average molecular weight is 450 g/mol. The Morgan fingerprint density at radius 3 is 2.47 bits per heavy atom. The molecule has 3 aromatic carbocycles. The molecule has 3 rings (SSSR count). The molecule has 0 aliphatic rings. The fourth-order valence-corrected chi connectivity index (χ4v) is 3.80. The lowest BCUT2D eigenvalue weighted by molar-refractivity contribution is 0.322. The van der Waals surface area contributed by atoms with Crippen LogP contribution in [0.1, 0.15) is 11.1 Å². The van der Waals surface area contributed by atoms with Crippen molar-refractivity contribution in [3.63, 3.8) is 0 Å². The highest BCUT2D eigenvalue weighted by Crippen LogP contribution is 2.22. The number of anilines is 1. The van der Waals surface area contributed by atoms with Crippen LogP contribution in [0.3, 0.4) is 0 Å². The summed E-state index contributed by atoms with van der Waals surface area (Å²) in [6.07, 6.45) is 2.24. The summed E-state index contributed by atoms with van der Waals surface area (Å²) in [6, 6.07) is 19.5. The molecule has 0 aliphatic carbocycles. The average Bonchev–Trinajstić information content (AvgIpc) is 2.70. The van der Waals surface area contributed by atoms with Gasteiger partial charge < -0.3 is 10.6 Å². The van der Waals surface area contributed by atoms with Gasteiger partial charge in [0.2, 0.25) is 0 Å². The van der Waals surface area contributed by atoms with E-state index in [1.807, 2.05) is 24.3 Å². The molecule has 30 heavy (non-hydrogen) atoms. The second-order valence-corrected chi connectivity index (χ2v) is 7.83. The van der Waals surface area contributed by atoms with Gasteiger partial charge in [-0.05, 0) is 35.4 Å². The van der Waals surface area contributed by atoms with Crippen LogP contribution in [0.2, 0.25) is 0 Å². The molecule has 3 N–H and O–H groups in total.